The summed E-state index contributed by atoms with van der Waals surface area (Å²) in [7, 11) is 0. The van der Waals surface area contributed by atoms with E-state index in [0.717, 1.165) is 5.56 Å². The van der Waals surface area contributed by atoms with E-state index in [0.29, 0.717) is 13.0 Å². The SMILES string of the molecule is Cc1ccn(CCC(=N)N)c(=O)c1.Cl. The number of nitrogens with zero attached hydrogens (tertiary/aromatic N) is 1. The molecule has 3 N–H and O–H groups in total. The Bertz CT molecular complexity index is 373. The van der Waals surface area contributed by atoms with Crippen LogP contribution < -0.4 is 11.3 Å². The quantitative estimate of drug-likeness (QED) is 0.581. The third-order valence-corrected chi connectivity index (χ3v) is 1.77. The Hall–Kier alpha value is -1.29. The van der Waals surface area contributed by atoms with Gasteiger partial charge in [-0.15, -0.1) is 12.4 Å². The molecular weight excluding hydrogens is 202 g/mol. The molecule has 0 fully saturated rings. The molecule has 4 nitrogen and oxygen atoms in total. The van der Waals surface area contributed by atoms with Crippen LogP contribution in [-0.4, -0.2) is 10.4 Å². The third-order valence-electron chi connectivity index (χ3n) is 1.77. The normalized spacial score (nSPS) is 9.21. The topological polar surface area (TPSA) is 71.9 Å². The number of hydrogen-bond acceptors (Lipinski definition) is 2. The van der Waals surface area contributed by atoms with E-state index in [-0.39, 0.29) is 23.8 Å². The summed E-state index contributed by atoms with van der Waals surface area (Å²) in [5, 5.41) is 7.02. The molecular formula is C9H14ClN3O. The van der Waals surface area contributed by atoms with Crippen molar-refractivity contribution in [3.05, 3.63) is 34.2 Å². The smallest absolute Gasteiger partial charge is 0.250 e. The van der Waals surface area contributed by atoms with Crippen LogP contribution in [0.15, 0.2) is 23.1 Å². The summed E-state index contributed by atoms with van der Waals surface area (Å²) in [4.78, 5) is 11.3. The molecule has 1 heterocycles. The summed E-state index contributed by atoms with van der Waals surface area (Å²) < 4.78 is 1.55. The highest BCUT2D eigenvalue weighted by Gasteiger charge is 1.96. The number of pyridine rings is 1. The molecule has 0 radical (unpaired) electrons. The molecule has 0 aromatic carbocycles. The Kier molecular flexibility index (Phi) is 4.94. The molecule has 0 aliphatic carbocycles. The van der Waals surface area contributed by atoms with Crippen molar-refractivity contribution in [3.8, 4) is 0 Å². The van der Waals surface area contributed by atoms with Gasteiger partial charge in [-0.05, 0) is 18.6 Å². The minimum atomic E-state index is -0.0405. The molecule has 0 unspecified atom stereocenters. The first-order chi connectivity index (χ1) is 6.09. The lowest BCUT2D eigenvalue weighted by Crippen LogP contribution is -2.22. The predicted molar refractivity (Wildman–Crippen MR) is 59.2 cm³/mol. The van der Waals surface area contributed by atoms with Gasteiger partial charge < -0.3 is 10.3 Å². The fraction of sp³-hybridized carbons (Fsp3) is 0.333. The predicted octanol–water partition coefficient (Wildman–Crippen LogP) is 0.905. The van der Waals surface area contributed by atoms with Gasteiger partial charge in [-0.1, -0.05) is 0 Å². The van der Waals surface area contributed by atoms with Crippen LogP contribution in [0.4, 0.5) is 0 Å². The lowest BCUT2D eigenvalue weighted by atomic mass is 10.3. The highest BCUT2D eigenvalue weighted by atomic mass is 35.5. The average Bonchev–Trinajstić information content (AvgIpc) is 2.02. The maximum Gasteiger partial charge on any atom is 0.250 e. The maximum atomic E-state index is 11.3. The van der Waals surface area contributed by atoms with Gasteiger partial charge in [0, 0.05) is 25.2 Å². The molecule has 0 aliphatic rings. The van der Waals surface area contributed by atoms with Crippen LogP contribution in [0.1, 0.15) is 12.0 Å². The molecule has 0 amide bonds. The highest BCUT2D eigenvalue weighted by molar-refractivity contribution is 5.85. The summed E-state index contributed by atoms with van der Waals surface area (Å²) in [6, 6.07) is 3.43. The number of nitrogens with one attached hydrogen (secondary N) is 1. The van der Waals surface area contributed by atoms with E-state index >= 15 is 0 Å². The van der Waals surface area contributed by atoms with E-state index in [1.165, 1.54) is 0 Å². The number of hydrogen-bond donors (Lipinski definition) is 2. The second-order valence-electron chi connectivity index (χ2n) is 3.01. The number of amidine groups is 1. The Balaban J connectivity index is 0.00000169. The number of nitrogens with two attached hydrogens (primary N) is 1. The molecule has 0 aliphatic heterocycles. The van der Waals surface area contributed by atoms with E-state index < -0.39 is 0 Å². The average molecular weight is 216 g/mol. The Labute approximate surface area is 88.7 Å². The fourth-order valence-electron chi connectivity index (χ4n) is 1.03. The van der Waals surface area contributed by atoms with Crippen molar-refractivity contribution in [1.82, 2.24) is 4.57 Å². The minimum Gasteiger partial charge on any atom is -0.388 e. The number of aryl methyl sites for hydroxylation is 2. The van der Waals surface area contributed by atoms with Crippen molar-refractivity contribution < 1.29 is 0 Å². The van der Waals surface area contributed by atoms with Gasteiger partial charge in [-0.2, -0.15) is 0 Å². The maximum absolute atomic E-state index is 11.3. The van der Waals surface area contributed by atoms with Crippen molar-refractivity contribution in [2.75, 3.05) is 0 Å². The fourth-order valence-corrected chi connectivity index (χ4v) is 1.03. The third kappa shape index (κ3) is 3.62. The summed E-state index contributed by atoms with van der Waals surface area (Å²) in [5.41, 5.74) is 6.10. The van der Waals surface area contributed by atoms with Crippen molar-refractivity contribution in [2.45, 2.75) is 19.9 Å². The number of aromatic nitrogens is 1. The standard InChI is InChI=1S/C9H13N3O.ClH/c1-7-2-4-12(9(13)6-7)5-3-8(10)11;/h2,4,6H,3,5H2,1H3,(H3,10,11);1H. The minimum absolute atomic E-state index is 0. The van der Waals surface area contributed by atoms with Gasteiger partial charge in [-0.3, -0.25) is 10.2 Å². The Morgan fingerprint density at radius 3 is 2.79 bits per heavy atom. The van der Waals surface area contributed by atoms with E-state index in [1.807, 2.05) is 13.0 Å². The Morgan fingerprint density at radius 1 is 1.64 bits per heavy atom. The molecule has 5 heteroatoms. The number of rotatable bonds is 3. The van der Waals surface area contributed by atoms with Gasteiger partial charge in [0.15, 0.2) is 0 Å². The zero-order chi connectivity index (χ0) is 9.84. The van der Waals surface area contributed by atoms with Crippen LogP contribution in [0.5, 0.6) is 0 Å². The van der Waals surface area contributed by atoms with Crippen LogP contribution in [0.3, 0.4) is 0 Å². The van der Waals surface area contributed by atoms with Crippen molar-refractivity contribution in [2.24, 2.45) is 5.73 Å². The van der Waals surface area contributed by atoms with E-state index in [9.17, 15) is 4.79 Å². The summed E-state index contributed by atoms with van der Waals surface area (Å²) >= 11 is 0. The monoisotopic (exact) mass is 215 g/mol. The van der Waals surface area contributed by atoms with Gasteiger partial charge in [0.25, 0.3) is 5.56 Å². The van der Waals surface area contributed by atoms with Crippen molar-refractivity contribution in [3.63, 3.8) is 0 Å². The molecule has 0 atom stereocenters. The van der Waals surface area contributed by atoms with Crippen LogP contribution >= 0.6 is 12.4 Å². The summed E-state index contributed by atoms with van der Waals surface area (Å²) in [6.45, 7) is 2.35. The molecule has 14 heavy (non-hydrogen) atoms. The van der Waals surface area contributed by atoms with Gasteiger partial charge >= 0.3 is 0 Å². The molecule has 0 saturated heterocycles. The van der Waals surface area contributed by atoms with E-state index in [4.69, 9.17) is 11.1 Å². The van der Waals surface area contributed by atoms with E-state index in [2.05, 4.69) is 0 Å². The molecule has 78 valence electrons. The van der Waals surface area contributed by atoms with Gasteiger partial charge in [0.2, 0.25) is 0 Å². The second kappa shape index (κ2) is 5.44. The summed E-state index contributed by atoms with van der Waals surface area (Å²) in [5.74, 6) is 0.104. The molecule has 0 spiro atoms. The molecule has 1 aromatic rings. The first kappa shape index (κ1) is 12.7. The molecule has 1 rings (SSSR count). The van der Waals surface area contributed by atoms with Crippen LogP contribution in [0, 0.1) is 12.3 Å². The van der Waals surface area contributed by atoms with Crippen LogP contribution in [0.25, 0.3) is 0 Å². The van der Waals surface area contributed by atoms with Crippen molar-refractivity contribution >= 4 is 18.2 Å². The van der Waals surface area contributed by atoms with Gasteiger partial charge in [0.05, 0.1) is 5.84 Å². The lowest BCUT2D eigenvalue weighted by molar-refractivity contribution is 0.690. The highest BCUT2D eigenvalue weighted by Crippen LogP contribution is 1.92. The first-order valence-corrected chi connectivity index (χ1v) is 4.09. The van der Waals surface area contributed by atoms with Gasteiger partial charge in [-0.25, -0.2) is 0 Å². The second-order valence-corrected chi connectivity index (χ2v) is 3.01. The van der Waals surface area contributed by atoms with Crippen LogP contribution in [-0.2, 0) is 6.54 Å². The molecule has 1 aromatic heterocycles. The van der Waals surface area contributed by atoms with Crippen molar-refractivity contribution in [1.29, 1.82) is 5.41 Å². The van der Waals surface area contributed by atoms with E-state index in [1.54, 1.807) is 16.8 Å². The zero-order valence-corrected chi connectivity index (χ0v) is 8.80. The first-order valence-electron chi connectivity index (χ1n) is 4.09. The zero-order valence-electron chi connectivity index (χ0n) is 7.99. The molecule has 0 bridgehead atoms. The summed E-state index contributed by atoms with van der Waals surface area (Å²) in [6.07, 6.45) is 2.14. The van der Waals surface area contributed by atoms with Gasteiger partial charge in [0.1, 0.15) is 0 Å². The Morgan fingerprint density at radius 2 is 2.29 bits per heavy atom. The lowest BCUT2D eigenvalue weighted by Gasteiger charge is -2.03. The van der Waals surface area contributed by atoms with Crippen LogP contribution in [0.2, 0.25) is 0 Å². The molecule has 0 saturated carbocycles. The number of halogens is 1. The largest absolute Gasteiger partial charge is 0.388 e.